The Morgan fingerprint density at radius 1 is 1.08 bits per heavy atom. The van der Waals surface area contributed by atoms with Gasteiger partial charge in [-0.05, 0) is 37.2 Å². The Morgan fingerprint density at radius 2 is 1.84 bits per heavy atom. The molecule has 1 aromatic carbocycles. The number of thioether (sulfide) groups is 1. The lowest BCUT2D eigenvalue weighted by Gasteiger charge is -2.43. The summed E-state index contributed by atoms with van der Waals surface area (Å²) in [5, 5.41) is 3.09. The zero-order chi connectivity index (χ0) is 17.5. The third kappa shape index (κ3) is 5.24. The number of rotatable bonds is 5. The molecule has 4 nitrogen and oxygen atoms in total. The molecular formula is C20H28N2O2S. The molecule has 1 aromatic rings. The summed E-state index contributed by atoms with van der Waals surface area (Å²) in [5.74, 6) is 1.28. The van der Waals surface area contributed by atoms with Gasteiger partial charge >= 0.3 is 0 Å². The Labute approximate surface area is 154 Å². The molecule has 1 N–H and O–H groups in total. The molecule has 0 spiro atoms. The molecule has 2 amide bonds. The quantitative estimate of drug-likeness (QED) is 0.856. The average molecular weight is 361 g/mol. The van der Waals surface area contributed by atoms with E-state index in [1.165, 1.54) is 37.4 Å². The maximum Gasteiger partial charge on any atom is 0.281 e. The van der Waals surface area contributed by atoms with Crippen LogP contribution in [0.4, 0.5) is 4.79 Å². The lowest BCUT2D eigenvalue weighted by atomic mass is 9.78. The predicted molar refractivity (Wildman–Crippen MR) is 102 cm³/mol. The van der Waals surface area contributed by atoms with Crippen LogP contribution in [0.3, 0.4) is 0 Å². The van der Waals surface area contributed by atoms with Gasteiger partial charge in [0.25, 0.3) is 5.24 Å². The van der Waals surface area contributed by atoms with Gasteiger partial charge in [0.2, 0.25) is 5.91 Å². The molecule has 1 saturated heterocycles. The zero-order valence-electron chi connectivity index (χ0n) is 14.8. The molecule has 0 radical (unpaired) electrons. The van der Waals surface area contributed by atoms with Crippen molar-refractivity contribution in [2.45, 2.75) is 57.5 Å². The van der Waals surface area contributed by atoms with Gasteiger partial charge in [0.05, 0.1) is 0 Å². The summed E-state index contributed by atoms with van der Waals surface area (Å²) >= 11 is 1.31. The van der Waals surface area contributed by atoms with E-state index in [2.05, 4.69) is 10.2 Å². The number of carbonyl (C=O) groups is 2. The molecule has 2 aliphatic rings. The van der Waals surface area contributed by atoms with Crippen molar-refractivity contribution in [3.05, 3.63) is 35.9 Å². The standard InChI is InChI=1S/C20H28N2O2S/c23-19(21-15-16-7-2-1-3-8-16)12-14-25-20(24)22-13-6-10-17-9-4-5-11-18(17)22/h1-3,7-8,17-18H,4-6,9-15H2,(H,21,23). The fourth-order valence-corrected chi connectivity index (χ4v) is 4.90. The van der Waals surface area contributed by atoms with Gasteiger partial charge in [0.1, 0.15) is 0 Å². The van der Waals surface area contributed by atoms with E-state index in [9.17, 15) is 9.59 Å². The van der Waals surface area contributed by atoms with Crippen LogP contribution in [0, 0.1) is 5.92 Å². The SMILES string of the molecule is O=C(CCSC(=O)N1CCCC2CCCCC21)NCc1ccccc1. The van der Waals surface area contributed by atoms with Gasteiger partial charge in [-0.15, -0.1) is 0 Å². The second kappa shape index (κ2) is 9.27. The topological polar surface area (TPSA) is 49.4 Å². The van der Waals surface area contributed by atoms with Gasteiger partial charge < -0.3 is 10.2 Å². The number of hydrogen-bond acceptors (Lipinski definition) is 3. The van der Waals surface area contributed by atoms with Crippen LogP contribution in [-0.2, 0) is 11.3 Å². The molecule has 1 heterocycles. The largest absolute Gasteiger partial charge is 0.352 e. The van der Waals surface area contributed by atoms with Crippen LogP contribution in [0.2, 0.25) is 0 Å². The highest BCUT2D eigenvalue weighted by atomic mass is 32.2. The first-order valence-corrected chi connectivity index (χ1v) is 10.5. The number of carbonyl (C=O) groups excluding carboxylic acids is 2. The molecule has 0 aromatic heterocycles. The van der Waals surface area contributed by atoms with E-state index in [-0.39, 0.29) is 11.1 Å². The van der Waals surface area contributed by atoms with E-state index in [1.54, 1.807) is 0 Å². The lowest BCUT2D eigenvalue weighted by Crippen LogP contribution is -2.48. The van der Waals surface area contributed by atoms with E-state index in [0.717, 1.165) is 24.9 Å². The molecule has 3 rings (SSSR count). The molecule has 1 aliphatic carbocycles. The molecule has 1 saturated carbocycles. The van der Waals surface area contributed by atoms with Crippen molar-refractivity contribution in [2.24, 2.45) is 5.92 Å². The van der Waals surface area contributed by atoms with Crippen molar-refractivity contribution in [1.82, 2.24) is 10.2 Å². The minimum atomic E-state index is 0.0124. The second-order valence-corrected chi connectivity index (χ2v) is 8.12. The highest BCUT2D eigenvalue weighted by Gasteiger charge is 2.35. The van der Waals surface area contributed by atoms with Gasteiger partial charge in [-0.1, -0.05) is 54.9 Å². The Kier molecular flexibility index (Phi) is 6.79. The normalized spacial score (nSPS) is 23.0. The summed E-state index contributed by atoms with van der Waals surface area (Å²) in [7, 11) is 0. The summed E-state index contributed by atoms with van der Waals surface area (Å²) in [6, 6.07) is 10.3. The molecule has 2 atom stereocenters. The van der Waals surface area contributed by atoms with Gasteiger partial charge in [-0.3, -0.25) is 9.59 Å². The number of fused-ring (bicyclic) bond motifs is 1. The van der Waals surface area contributed by atoms with Gasteiger partial charge in [0.15, 0.2) is 0 Å². The minimum absolute atomic E-state index is 0.0124. The molecular weight excluding hydrogens is 332 g/mol. The summed E-state index contributed by atoms with van der Waals surface area (Å²) in [6.07, 6.45) is 7.81. The number of hydrogen-bond donors (Lipinski definition) is 1. The van der Waals surface area contributed by atoms with Crippen molar-refractivity contribution >= 4 is 22.9 Å². The number of amides is 2. The Bertz CT molecular complexity index is 576. The maximum atomic E-state index is 12.6. The van der Waals surface area contributed by atoms with Crippen LogP contribution in [0.15, 0.2) is 30.3 Å². The number of nitrogens with zero attached hydrogens (tertiary/aromatic N) is 1. The molecule has 136 valence electrons. The summed E-state index contributed by atoms with van der Waals surface area (Å²) in [6.45, 7) is 1.45. The van der Waals surface area contributed by atoms with Gasteiger partial charge in [-0.2, -0.15) is 0 Å². The summed E-state index contributed by atoms with van der Waals surface area (Å²) in [5.41, 5.74) is 1.09. The van der Waals surface area contributed by atoms with Crippen molar-refractivity contribution in [1.29, 1.82) is 0 Å². The highest BCUT2D eigenvalue weighted by Crippen LogP contribution is 2.36. The average Bonchev–Trinajstić information content (AvgIpc) is 2.66. The fraction of sp³-hybridized carbons (Fsp3) is 0.600. The van der Waals surface area contributed by atoms with Crippen LogP contribution in [-0.4, -0.2) is 34.4 Å². The smallest absolute Gasteiger partial charge is 0.281 e. The summed E-state index contributed by atoms with van der Waals surface area (Å²) in [4.78, 5) is 26.6. The number of benzene rings is 1. The first kappa shape index (κ1) is 18.3. The Hall–Kier alpha value is -1.49. The molecule has 1 aliphatic heterocycles. The highest BCUT2D eigenvalue weighted by molar-refractivity contribution is 8.13. The molecule has 0 bridgehead atoms. The van der Waals surface area contributed by atoms with E-state index in [0.29, 0.717) is 30.7 Å². The van der Waals surface area contributed by atoms with Crippen LogP contribution in [0.25, 0.3) is 0 Å². The monoisotopic (exact) mass is 360 g/mol. The predicted octanol–water partition coefficient (Wildman–Crippen LogP) is 4.20. The Balaban J connectivity index is 1.37. The maximum absolute atomic E-state index is 12.6. The number of nitrogens with one attached hydrogen (secondary N) is 1. The molecule has 2 fully saturated rings. The van der Waals surface area contributed by atoms with Crippen LogP contribution >= 0.6 is 11.8 Å². The van der Waals surface area contributed by atoms with Crippen LogP contribution < -0.4 is 5.32 Å². The van der Waals surface area contributed by atoms with Crippen molar-refractivity contribution in [3.8, 4) is 0 Å². The van der Waals surface area contributed by atoms with Gasteiger partial charge in [0, 0.05) is 31.3 Å². The first-order chi connectivity index (χ1) is 12.2. The van der Waals surface area contributed by atoms with E-state index in [4.69, 9.17) is 0 Å². The fourth-order valence-electron chi connectivity index (χ4n) is 4.05. The number of likely N-dealkylation sites (tertiary alicyclic amines) is 1. The van der Waals surface area contributed by atoms with Crippen molar-refractivity contribution in [3.63, 3.8) is 0 Å². The van der Waals surface area contributed by atoms with Crippen molar-refractivity contribution in [2.75, 3.05) is 12.3 Å². The second-order valence-electron chi connectivity index (χ2n) is 7.07. The zero-order valence-corrected chi connectivity index (χ0v) is 15.6. The Morgan fingerprint density at radius 3 is 2.68 bits per heavy atom. The third-order valence-electron chi connectivity index (χ3n) is 5.36. The van der Waals surface area contributed by atoms with E-state index >= 15 is 0 Å². The van der Waals surface area contributed by atoms with Crippen molar-refractivity contribution < 1.29 is 9.59 Å². The first-order valence-electron chi connectivity index (χ1n) is 9.48. The van der Waals surface area contributed by atoms with E-state index in [1.807, 2.05) is 30.3 Å². The third-order valence-corrected chi connectivity index (χ3v) is 6.25. The number of piperidine rings is 1. The van der Waals surface area contributed by atoms with Crippen LogP contribution in [0.1, 0.15) is 50.5 Å². The van der Waals surface area contributed by atoms with Gasteiger partial charge in [-0.25, -0.2) is 0 Å². The molecule has 5 heteroatoms. The lowest BCUT2D eigenvalue weighted by molar-refractivity contribution is -0.120. The molecule has 2 unspecified atom stereocenters. The summed E-state index contributed by atoms with van der Waals surface area (Å²) < 4.78 is 0. The minimum Gasteiger partial charge on any atom is -0.352 e. The van der Waals surface area contributed by atoms with Crippen LogP contribution in [0.5, 0.6) is 0 Å². The van der Waals surface area contributed by atoms with E-state index < -0.39 is 0 Å². The molecule has 25 heavy (non-hydrogen) atoms.